The largest absolute Gasteiger partial charge is 0.407 e. The summed E-state index contributed by atoms with van der Waals surface area (Å²) in [6, 6.07) is 0. The SMILES string of the molecule is CC(C)On1c(Br)nc2c(N)nc(F)nc21. The van der Waals surface area contributed by atoms with E-state index in [1.54, 1.807) is 0 Å². The molecule has 0 fully saturated rings. The number of halogens is 2. The highest BCUT2D eigenvalue weighted by atomic mass is 79.9. The summed E-state index contributed by atoms with van der Waals surface area (Å²) in [6.07, 6.45) is -1.01. The molecule has 0 aromatic carbocycles. The Hall–Kier alpha value is -1.44. The second-order valence-corrected chi connectivity index (χ2v) is 4.09. The molecular formula is C8H9BrFN5O. The molecule has 2 rings (SSSR count). The molecule has 0 aliphatic heterocycles. The van der Waals surface area contributed by atoms with Crippen molar-refractivity contribution >= 4 is 32.9 Å². The van der Waals surface area contributed by atoms with Gasteiger partial charge in [-0.3, -0.25) is 0 Å². The van der Waals surface area contributed by atoms with Gasteiger partial charge in [0, 0.05) is 0 Å². The van der Waals surface area contributed by atoms with Gasteiger partial charge in [-0.2, -0.15) is 14.4 Å². The summed E-state index contributed by atoms with van der Waals surface area (Å²) in [5, 5.41) is 0. The summed E-state index contributed by atoms with van der Waals surface area (Å²) in [7, 11) is 0. The van der Waals surface area contributed by atoms with Gasteiger partial charge in [-0.05, 0) is 29.8 Å². The third-order valence-corrected chi connectivity index (χ3v) is 2.24. The van der Waals surface area contributed by atoms with E-state index in [0.29, 0.717) is 10.3 Å². The molecule has 6 nitrogen and oxygen atoms in total. The Balaban J connectivity index is 2.68. The van der Waals surface area contributed by atoms with Crippen LogP contribution in [0.2, 0.25) is 0 Å². The smallest absolute Gasteiger partial charge is 0.312 e. The summed E-state index contributed by atoms with van der Waals surface area (Å²) >= 11 is 3.18. The van der Waals surface area contributed by atoms with Crippen molar-refractivity contribution in [2.75, 3.05) is 5.73 Å². The van der Waals surface area contributed by atoms with Crippen molar-refractivity contribution in [2.45, 2.75) is 20.0 Å². The molecule has 0 spiro atoms. The van der Waals surface area contributed by atoms with E-state index in [1.165, 1.54) is 4.73 Å². The molecule has 86 valence electrons. The maximum atomic E-state index is 13.0. The summed E-state index contributed by atoms with van der Waals surface area (Å²) in [6.45, 7) is 3.67. The predicted octanol–water partition coefficient (Wildman–Crippen LogP) is 1.15. The fraction of sp³-hybridized carbons (Fsp3) is 0.375. The second kappa shape index (κ2) is 3.85. The van der Waals surface area contributed by atoms with Gasteiger partial charge in [0.05, 0.1) is 0 Å². The molecule has 2 aromatic rings. The van der Waals surface area contributed by atoms with Gasteiger partial charge < -0.3 is 10.6 Å². The van der Waals surface area contributed by atoms with Gasteiger partial charge in [0.1, 0.15) is 6.10 Å². The third kappa shape index (κ3) is 1.80. The van der Waals surface area contributed by atoms with Crippen molar-refractivity contribution in [1.82, 2.24) is 19.7 Å². The molecule has 0 aliphatic rings. The molecule has 0 atom stereocenters. The van der Waals surface area contributed by atoms with Gasteiger partial charge >= 0.3 is 6.08 Å². The molecule has 8 heteroatoms. The van der Waals surface area contributed by atoms with E-state index in [9.17, 15) is 4.39 Å². The van der Waals surface area contributed by atoms with Gasteiger partial charge in [-0.25, -0.2) is 4.98 Å². The Kier molecular flexibility index (Phi) is 2.66. The van der Waals surface area contributed by atoms with Crippen LogP contribution in [0.5, 0.6) is 0 Å². The number of fused-ring (bicyclic) bond motifs is 1. The Bertz CT molecular complexity index is 541. The highest BCUT2D eigenvalue weighted by molar-refractivity contribution is 9.10. The van der Waals surface area contributed by atoms with Crippen molar-refractivity contribution in [3.8, 4) is 0 Å². The van der Waals surface area contributed by atoms with Crippen LogP contribution in [0.15, 0.2) is 4.73 Å². The number of anilines is 1. The Labute approximate surface area is 98.7 Å². The van der Waals surface area contributed by atoms with E-state index >= 15 is 0 Å². The molecule has 0 amide bonds. The van der Waals surface area contributed by atoms with Crippen LogP contribution in [-0.4, -0.2) is 25.8 Å². The minimum atomic E-state index is -0.911. The first-order valence-corrected chi connectivity index (χ1v) is 5.32. The van der Waals surface area contributed by atoms with Gasteiger partial charge in [-0.1, -0.05) is 0 Å². The van der Waals surface area contributed by atoms with Crippen LogP contribution in [0, 0.1) is 6.08 Å². The van der Waals surface area contributed by atoms with E-state index in [1.807, 2.05) is 13.8 Å². The lowest BCUT2D eigenvalue weighted by molar-refractivity contribution is 0.0618. The van der Waals surface area contributed by atoms with Crippen LogP contribution in [0.3, 0.4) is 0 Å². The molecule has 0 radical (unpaired) electrons. The fourth-order valence-corrected chi connectivity index (χ4v) is 1.64. The first kappa shape index (κ1) is 11.1. The zero-order valence-corrected chi connectivity index (χ0v) is 10.2. The molecule has 0 aliphatic carbocycles. The number of hydrogen-bond donors (Lipinski definition) is 1. The minimum absolute atomic E-state index is 0.0192. The topological polar surface area (TPSA) is 78.9 Å². The highest BCUT2D eigenvalue weighted by Crippen LogP contribution is 2.21. The van der Waals surface area contributed by atoms with Crippen molar-refractivity contribution in [3.63, 3.8) is 0 Å². The summed E-state index contributed by atoms with van der Waals surface area (Å²) < 4.78 is 14.7. The number of nitrogens with two attached hydrogens (primary N) is 1. The molecule has 2 heterocycles. The van der Waals surface area contributed by atoms with E-state index in [-0.39, 0.29) is 17.6 Å². The fourth-order valence-electron chi connectivity index (χ4n) is 1.21. The van der Waals surface area contributed by atoms with Crippen molar-refractivity contribution < 1.29 is 9.23 Å². The van der Waals surface area contributed by atoms with Crippen molar-refractivity contribution in [1.29, 1.82) is 0 Å². The van der Waals surface area contributed by atoms with Gasteiger partial charge in [0.25, 0.3) is 0 Å². The van der Waals surface area contributed by atoms with Crippen LogP contribution in [0.25, 0.3) is 11.2 Å². The normalized spacial score (nSPS) is 11.3. The van der Waals surface area contributed by atoms with Crippen LogP contribution in [0.4, 0.5) is 10.2 Å². The average Bonchev–Trinajstić information content (AvgIpc) is 2.45. The monoisotopic (exact) mass is 289 g/mol. The van der Waals surface area contributed by atoms with E-state index in [4.69, 9.17) is 10.6 Å². The van der Waals surface area contributed by atoms with E-state index in [2.05, 4.69) is 30.9 Å². The van der Waals surface area contributed by atoms with Gasteiger partial charge in [0.15, 0.2) is 11.3 Å². The average molecular weight is 290 g/mol. The quantitative estimate of drug-likeness (QED) is 0.663. The third-order valence-electron chi connectivity index (χ3n) is 1.75. The summed E-state index contributed by atoms with van der Waals surface area (Å²) in [5.41, 5.74) is 6.03. The predicted molar refractivity (Wildman–Crippen MR) is 59.1 cm³/mol. The van der Waals surface area contributed by atoms with Crippen LogP contribution in [-0.2, 0) is 0 Å². The molecule has 0 saturated heterocycles. The zero-order valence-electron chi connectivity index (χ0n) is 8.61. The first-order chi connectivity index (χ1) is 7.49. The molecule has 16 heavy (non-hydrogen) atoms. The number of imidazole rings is 1. The number of nitrogens with zero attached hydrogens (tertiary/aromatic N) is 4. The van der Waals surface area contributed by atoms with Gasteiger partial charge in [0.2, 0.25) is 10.4 Å². The number of aromatic nitrogens is 4. The van der Waals surface area contributed by atoms with Crippen molar-refractivity contribution in [2.24, 2.45) is 0 Å². The Morgan fingerprint density at radius 2 is 2.06 bits per heavy atom. The lowest BCUT2D eigenvalue weighted by Gasteiger charge is -2.10. The maximum Gasteiger partial charge on any atom is 0.312 e. The van der Waals surface area contributed by atoms with E-state index in [0.717, 1.165) is 0 Å². The van der Waals surface area contributed by atoms with Crippen LogP contribution >= 0.6 is 15.9 Å². The first-order valence-electron chi connectivity index (χ1n) is 4.53. The van der Waals surface area contributed by atoms with Gasteiger partial charge in [-0.15, -0.1) is 4.73 Å². The Morgan fingerprint density at radius 3 is 2.69 bits per heavy atom. The maximum absolute atomic E-state index is 13.0. The number of hydrogen-bond acceptors (Lipinski definition) is 5. The summed E-state index contributed by atoms with van der Waals surface area (Å²) in [5.74, 6) is -0.0192. The number of nitrogen functional groups attached to an aromatic ring is 1. The molecule has 0 saturated carbocycles. The Morgan fingerprint density at radius 1 is 1.38 bits per heavy atom. The summed E-state index contributed by atoms with van der Waals surface area (Å²) in [4.78, 5) is 16.4. The van der Waals surface area contributed by atoms with Crippen LogP contribution < -0.4 is 10.6 Å². The molecular weight excluding hydrogens is 281 g/mol. The van der Waals surface area contributed by atoms with Crippen molar-refractivity contribution in [3.05, 3.63) is 10.8 Å². The van der Waals surface area contributed by atoms with E-state index < -0.39 is 6.08 Å². The lowest BCUT2D eigenvalue weighted by Crippen LogP contribution is -2.19. The molecule has 0 unspecified atom stereocenters. The lowest BCUT2D eigenvalue weighted by atomic mass is 10.5. The number of rotatable bonds is 2. The zero-order chi connectivity index (χ0) is 11.9. The minimum Gasteiger partial charge on any atom is -0.407 e. The second-order valence-electron chi connectivity index (χ2n) is 3.38. The molecule has 2 aromatic heterocycles. The van der Waals surface area contributed by atoms with Crippen LogP contribution in [0.1, 0.15) is 13.8 Å². The highest BCUT2D eigenvalue weighted by Gasteiger charge is 2.16. The standard InChI is InChI=1S/C8H9BrFN5O/c1-3(2)16-15-6-4(12-7(15)9)5(11)13-8(10)14-6/h3H,1-2H3,(H2,11,13,14). The molecule has 2 N–H and O–H groups in total. The molecule has 0 bridgehead atoms.